The lowest BCUT2D eigenvalue weighted by Crippen LogP contribution is -2.57. The van der Waals surface area contributed by atoms with Crippen LogP contribution < -0.4 is 5.73 Å². The Balaban J connectivity index is 1.64. The van der Waals surface area contributed by atoms with E-state index in [-0.39, 0.29) is 12.5 Å². The van der Waals surface area contributed by atoms with Crippen molar-refractivity contribution in [3.63, 3.8) is 0 Å². The Morgan fingerprint density at radius 1 is 1.26 bits per heavy atom. The maximum absolute atomic E-state index is 12.4. The van der Waals surface area contributed by atoms with E-state index < -0.39 is 11.5 Å². The van der Waals surface area contributed by atoms with E-state index in [1.54, 1.807) is 4.90 Å². The minimum Gasteiger partial charge on any atom is -0.378 e. The van der Waals surface area contributed by atoms with Gasteiger partial charge in [-0.25, -0.2) is 0 Å². The van der Waals surface area contributed by atoms with Crippen molar-refractivity contribution in [2.45, 2.75) is 31.4 Å². The van der Waals surface area contributed by atoms with Gasteiger partial charge in [0, 0.05) is 31.2 Å². The molecule has 0 aliphatic carbocycles. The Labute approximate surface area is 134 Å². The van der Waals surface area contributed by atoms with Gasteiger partial charge in [-0.2, -0.15) is 0 Å². The summed E-state index contributed by atoms with van der Waals surface area (Å²) in [7, 11) is 0. The number of hydrogen-bond acceptors (Lipinski definition) is 3. The number of hydrogen-bond donors (Lipinski definition) is 2. The number of β-amino-alcohol motifs (C(OH)–C–C–N with tert-alkyl or cyclic N) is 1. The molecule has 0 unspecified atom stereocenters. The molecule has 1 aromatic carbocycles. The smallest absolute Gasteiger partial charge is 0.251 e. The van der Waals surface area contributed by atoms with E-state index in [1.807, 2.05) is 41.1 Å². The summed E-state index contributed by atoms with van der Waals surface area (Å²) in [5, 5.41) is 11.3. The van der Waals surface area contributed by atoms with Crippen LogP contribution in [0, 0.1) is 0 Å². The Kier molecular flexibility index (Phi) is 4.09. The highest BCUT2D eigenvalue weighted by molar-refractivity contribution is 5.85. The summed E-state index contributed by atoms with van der Waals surface area (Å²) < 4.78 is 2.04. The number of amides is 2. The normalized spacial score (nSPS) is 21.5. The molecule has 1 atom stereocenters. The summed E-state index contributed by atoms with van der Waals surface area (Å²) in [4.78, 5) is 25.3. The summed E-state index contributed by atoms with van der Waals surface area (Å²) in [6, 6.07) is 10.0. The van der Waals surface area contributed by atoms with Crippen LogP contribution in [-0.4, -0.2) is 45.1 Å². The Bertz CT molecular complexity index is 740. The van der Waals surface area contributed by atoms with E-state index in [1.165, 1.54) is 0 Å². The number of likely N-dealkylation sites (tertiary alicyclic amines) is 1. The quantitative estimate of drug-likeness (QED) is 0.877. The van der Waals surface area contributed by atoms with Crippen molar-refractivity contribution in [1.29, 1.82) is 0 Å². The second-order valence-corrected chi connectivity index (χ2v) is 6.13. The molecule has 2 aromatic rings. The zero-order valence-corrected chi connectivity index (χ0v) is 12.9. The predicted molar refractivity (Wildman–Crippen MR) is 86.5 cm³/mol. The largest absolute Gasteiger partial charge is 0.378 e. The van der Waals surface area contributed by atoms with E-state index in [4.69, 9.17) is 5.73 Å². The first kappa shape index (κ1) is 15.6. The lowest BCUT2D eigenvalue weighted by Gasteiger charge is -2.37. The Hall–Kier alpha value is -2.34. The van der Waals surface area contributed by atoms with Crippen LogP contribution in [0.1, 0.15) is 19.3 Å². The Morgan fingerprint density at radius 3 is 2.83 bits per heavy atom. The molecular formula is C17H21N3O3. The van der Waals surface area contributed by atoms with Gasteiger partial charge in [0.25, 0.3) is 5.91 Å². The maximum Gasteiger partial charge on any atom is 0.251 e. The number of primary amides is 1. The van der Waals surface area contributed by atoms with Gasteiger partial charge in [-0.1, -0.05) is 18.2 Å². The fourth-order valence-electron chi connectivity index (χ4n) is 3.16. The molecule has 1 aliphatic heterocycles. The van der Waals surface area contributed by atoms with Crippen LogP contribution in [0.15, 0.2) is 36.5 Å². The number of piperidine rings is 1. The third-order valence-corrected chi connectivity index (χ3v) is 4.53. The van der Waals surface area contributed by atoms with Gasteiger partial charge in [0.2, 0.25) is 5.91 Å². The number of fused-ring (bicyclic) bond motifs is 1. The fraction of sp³-hybridized carbons (Fsp3) is 0.412. The molecule has 1 aliphatic rings. The molecule has 0 saturated carbocycles. The first-order valence-corrected chi connectivity index (χ1v) is 7.83. The average molecular weight is 315 g/mol. The SMILES string of the molecule is NC(=O)[C@@]1(O)CCCN(C(=O)CCn2ccc3ccccc32)C1. The Morgan fingerprint density at radius 2 is 2.04 bits per heavy atom. The lowest BCUT2D eigenvalue weighted by molar-refractivity contribution is -0.149. The van der Waals surface area contributed by atoms with Crippen LogP contribution in [0.3, 0.4) is 0 Å². The van der Waals surface area contributed by atoms with E-state index >= 15 is 0 Å². The molecule has 3 rings (SSSR count). The first-order valence-electron chi connectivity index (χ1n) is 7.83. The van der Waals surface area contributed by atoms with Gasteiger partial charge >= 0.3 is 0 Å². The third kappa shape index (κ3) is 3.07. The number of carbonyl (C=O) groups is 2. The van der Waals surface area contributed by atoms with Gasteiger partial charge in [-0.15, -0.1) is 0 Å². The zero-order chi connectivity index (χ0) is 16.4. The van der Waals surface area contributed by atoms with Crippen molar-refractivity contribution in [2.75, 3.05) is 13.1 Å². The highest BCUT2D eigenvalue weighted by Gasteiger charge is 2.39. The van der Waals surface area contributed by atoms with Gasteiger partial charge < -0.3 is 20.3 Å². The van der Waals surface area contributed by atoms with E-state index in [2.05, 4.69) is 0 Å². The number of benzene rings is 1. The van der Waals surface area contributed by atoms with Gasteiger partial charge in [0.05, 0.1) is 6.54 Å². The molecule has 23 heavy (non-hydrogen) atoms. The third-order valence-electron chi connectivity index (χ3n) is 4.53. The molecule has 1 fully saturated rings. The van der Waals surface area contributed by atoms with Gasteiger partial charge in [0.15, 0.2) is 5.60 Å². The molecule has 0 spiro atoms. The number of rotatable bonds is 4. The second-order valence-electron chi connectivity index (χ2n) is 6.13. The number of aromatic nitrogens is 1. The first-order chi connectivity index (χ1) is 11.0. The van der Waals surface area contributed by atoms with Crippen molar-refractivity contribution in [2.24, 2.45) is 5.73 Å². The number of para-hydroxylation sites is 1. The van der Waals surface area contributed by atoms with Gasteiger partial charge in [-0.3, -0.25) is 9.59 Å². The number of nitrogens with two attached hydrogens (primary N) is 1. The fourth-order valence-corrected chi connectivity index (χ4v) is 3.16. The monoisotopic (exact) mass is 315 g/mol. The molecular weight excluding hydrogens is 294 g/mol. The molecule has 1 saturated heterocycles. The molecule has 2 amide bonds. The summed E-state index contributed by atoms with van der Waals surface area (Å²) in [5.41, 5.74) is 4.75. The topological polar surface area (TPSA) is 88.6 Å². The van der Waals surface area contributed by atoms with Crippen LogP contribution in [-0.2, 0) is 16.1 Å². The highest BCUT2D eigenvalue weighted by Crippen LogP contribution is 2.22. The summed E-state index contributed by atoms with van der Waals surface area (Å²) >= 11 is 0. The molecule has 6 nitrogen and oxygen atoms in total. The van der Waals surface area contributed by atoms with E-state index in [9.17, 15) is 14.7 Å². The van der Waals surface area contributed by atoms with Crippen molar-refractivity contribution in [3.05, 3.63) is 36.5 Å². The molecule has 0 radical (unpaired) electrons. The van der Waals surface area contributed by atoms with E-state index in [0.29, 0.717) is 32.4 Å². The van der Waals surface area contributed by atoms with Crippen LogP contribution in [0.25, 0.3) is 10.9 Å². The van der Waals surface area contributed by atoms with Crippen molar-refractivity contribution < 1.29 is 14.7 Å². The lowest BCUT2D eigenvalue weighted by atomic mass is 9.92. The minimum absolute atomic E-state index is 0.00636. The zero-order valence-electron chi connectivity index (χ0n) is 12.9. The van der Waals surface area contributed by atoms with Crippen molar-refractivity contribution >= 4 is 22.7 Å². The number of nitrogens with zero attached hydrogens (tertiary/aromatic N) is 2. The number of aliphatic hydroxyl groups is 1. The molecule has 1 aromatic heterocycles. The molecule has 122 valence electrons. The molecule has 0 bridgehead atoms. The van der Waals surface area contributed by atoms with Crippen LogP contribution >= 0.6 is 0 Å². The standard InChI is InChI=1S/C17H21N3O3/c18-16(22)17(23)8-3-9-20(12-17)15(21)7-11-19-10-6-13-4-1-2-5-14(13)19/h1-2,4-6,10,23H,3,7-9,11-12H2,(H2,18,22)/t17-/m1/s1. The summed E-state index contributed by atoms with van der Waals surface area (Å²) in [6.45, 7) is 1.12. The average Bonchev–Trinajstić information content (AvgIpc) is 2.96. The minimum atomic E-state index is -1.59. The molecule has 6 heteroatoms. The molecule has 2 heterocycles. The summed E-state index contributed by atoms with van der Waals surface area (Å²) in [5.74, 6) is -0.825. The van der Waals surface area contributed by atoms with Gasteiger partial charge in [0.1, 0.15) is 0 Å². The molecule has 3 N–H and O–H groups in total. The number of carbonyl (C=O) groups excluding carboxylic acids is 2. The van der Waals surface area contributed by atoms with Crippen LogP contribution in [0.5, 0.6) is 0 Å². The maximum atomic E-state index is 12.4. The highest BCUT2D eigenvalue weighted by atomic mass is 16.3. The van der Waals surface area contributed by atoms with Crippen molar-refractivity contribution in [3.8, 4) is 0 Å². The van der Waals surface area contributed by atoms with Crippen LogP contribution in [0.4, 0.5) is 0 Å². The van der Waals surface area contributed by atoms with Gasteiger partial charge in [-0.05, 0) is 30.4 Å². The second kappa shape index (κ2) is 6.04. The van der Waals surface area contributed by atoms with Crippen LogP contribution in [0.2, 0.25) is 0 Å². The van der Waals surface area contributed by atoms with E-state index in [0.717, 1.165) is 10.9 Å². The predicted octanol–water partition coefficient (Wildman–Crippen LogP) is 0.870. The summed E-state index contributed by atoms with van der Waals surface area (Å²) in [6.07, 6.45) is 3.19. The number of aryl methyl sites for hydroxylation is 1. The van der Waals surface area contributed by atoms with Crippen molar-refractivity contribution in [1.82, 2.24) is 9.47 Å².